The molecule has 0 fully saturated rings. The maximum atomic E-state index is 4.89. The molecule has 1 heterocycles. The van der Waals surface area contributed by atoms with Crippen LogP contribution in [-0.2, 0) is 0 Å². The lowest BCUT2D eigenvalue weighted by atomic mass is 10.3. The van der Waals surface area contributed by atoms with Gasteiger partial charge in [0.1, 0.15) is 5.52 Å². The summed E-state index contributed by atoms with van der Waals surface area (Å²) in [5.74, 6) is 0. The molecule has 92 valence electrons. The zero-order valence-electron chi connectivity index (χ0n) is 10.6. The number of rotatable bonds is 0. The Morgan fingerprint density at radius 3 is 2.53 bits per heavy atom. The number of urea groups is 1. The third-order valence-electron chi connectivity index (χ3n) is 2.05. The molecule has 2 rings (SSSR count). The summed E-state index contributed by atoms with van der Waals surface area (Å²) < 4.78 is 4.89. The van der Waals surface area contributed by atoms with E-state index in [9.17, 15) is 0 Å². The molecule has 2 N–H and O–H groups in total. The van der Waals surface area contributed by atoms with Crippen LogP contribution in [0.3, 0.4) is 0 Å². The first-order valence-electron chi connectivity index (χ1n) is 5.20. The average Bonchev–Trinajstić information content (AvgIpc) is 2.79. The minimum absolute atomic E-state index is 0.769. The molecule has 0 saturated carbocycles. The molecule has 0 unspecified atom stereocenters. The summed E-state index contributed by atoms with van der Waals surface area (Å²) in [5, 5.41) is 13.1. The smallest absolute Gasteiger partial charge is 0.293 e. The zero-order chi connectivity index (χ0) is 12.7. The standard InChI is InChI=1S/C6H5N3.C5H13N2O/c1-2-4-6-5(3-1)7-9-8-6;1-6-5(8-4)7(2)3/h1-4H,(H,7,8,9);6H,1-4H3/q;+1. The predicted molar refractivity (Wildman–Crippen MR) is 68.0 cm³/mol. The van der Waals surface area contributed by atoms with Crippen molar-refractivity contribution in [1.82, 2.24) is 25.6 Å². The summed E-state index contributed by atoms with van der Waals surface area (Å²) in [5.41, 5.74) is 1.90. The molecule has 0 aliphatic rings. The topological polar surface area (TPSA) is 68.1 Å². The second-order valence-corrected chi connectivity index (χ2v) is 3.48. The van der Waals surface area contributed by atoms with E-state index >= 15 is 0 Å². The molecular formula is C11H18N5O+. The first-order chi connectivity index (χ1) is 8.19. The van der Waals surface area contributed by atoms with Crippen molar-refractivity contribution in [3.63, 3.8) is 0 Å². The predicted octanol–water partition coefficient (Wildman–Crippen LogP) is 1.01. The van der Waals surface area contributed by atoms with Gasteiger partial charge in [-0.2, -0.15) is 0 Å². The molecule has 6 heteroatoms. The van der Waals surface area contributed by atoms with Gasteiger partial charge in [0, 0.05) is 21.1 Å². The van der Waals surface area contributed by atoms with Crippen molar-refractivity contribution < 1.29 is 4.42 Å². The van der Waals surface area contributed by atoms with E-state index < -0.39 is 0 Å². The first-order valence-corrected chi connectivity index (χ1v) is 5.20. The van der Waals surface area contributed by atoms with Gasteiger partial charge in [-0.3, -0.25) is 15.3 Å². The minimum Gasteiger partial charge on any atom is -0.293 e. The van der Waals surface area contributed by atoms with Crippen molar-refractivity contribution in [2.24, 2.45) is 0 Å². The van der Waals surface area contributed by atoms with Gasteiger partial charge in [-0.05, 0) is 12.1 Å². The Morgan fingerprint density at radius 1 is 1.35 bits per heavy atom. The van der Waals surface area contributed by atoms with Gasteiger partial charge in [-0.25, -0.2) is 4.42 Å². The second-order valence-electron chi connectivity index (χ2n) is 3.48. The number of benzene rings is 1. The summed E-state index contributed by atoms with van der Waals surface area (Å²) in [4.78, 5) is 1.86. The number of hydrogen-bond acceptors (Lipinski definition) is 2. The third-order valence-corrected chi connectivity index (χ3v) is 2.05. The minimum atomic E-state index is 0.769. The Labute approximate surface area is 100 Å². The van der Waals surface area contributed by atoms with Gasteiger partial charge in [0.25, 0.3) is 7.11 Å². The maximum Gasteiger partial charge on any atom is 0.501 e. The van der Waals surface area contributed by atoms with Crippen LogP contribution in [0, 0.1) is 0 Å². The number of aromatic nitrogens is 3. The van der Waals surface area contributed by atoms with Gasteiger partial charge in [0.05, 0.1) is 5.52 Å². The number of nitrogens with one attached hydrogen (secondary N) is 2. The maximum absolute atomic E-state index is 4.89. The van der Waals surface area contributed by atoms with E-state index in [-0.39, 0.29) is 0 Å². The van der Waals surface area contributed by atoms with E-state index in [1.165, 1.54) is 0 Å². The van der Waals surface area contributed by atoms with Gasteiger partial charge in [0.15, 0.2) is 0 Å². The molecule has 0 aliphatic carbocycles. The number of amides is 2. The van der Waals surface area contributed by atoms with Gasteiger partial charge < -0.3 is 0 Å². The van der Waals surface area contributed by atoms with Crippen LogP contribution in [0.4, 0.5) is 4.42 Å². The Bertz CT molecular complexity index is 447. The van der Waals surface area contributed by atoms with Crippen LogP contribution < -0.4 is 5.32 Å². The highest BCUT2D eigenvalue weighted by molar-refractivity contribution is 5.73. The number of aromatic amines is 1. The summed E-state index contributed by atoms with van der Waals surface area (Å²) in [6, 6.07) is 8.51. The van der Waals surface area contributed by atoms with Crippen LogP contribution in [0.5, 0.6) is 0 Å². The summed E-state index contributed by atoms with van der Waals surface area (Å²) >= 11 is 0. The summed E-state index contributed by atoms with van der Waals surface area (Å²) in [6.07, 6.45) is 0. The van der Waals surface area contributed by atoms with Gasteiger partial charge >= 0.3 is 6.03 Å². The Hall–Kier alpha value is -2.11. The second kappa shape index (κ2) is 6.47. The lowest BCUT2D eigenvalue weighted by molar-refractivity contribution is -0.0946. The monoisotopic (exact) mass is 236 g/mol. The molecule has 1 aromatic heterocycles. The van der Waals surface area contributed by atoms with Crippen LogP contribution in [0.25, 0.3) is 11.0 Å². The quantitative estimate of drug-likeness (QED) is 0.670. The van der Waals surface area contributed by atoms with Gasteiger partial charge in [0.2, 0.25) is 0 Å². The molecule has 0 bridgehead atoms. The highest BCUT2D eigenvalue weighted by atomic mass is 16.4. The molecular weight excluding hydrogens is 218 g/mol. The molecule has 0 saturated heterocycles. The van der Waals surface area contributed by atoms with Crippen LogP contribution >= 0.6 is 0 Å². The molecule has 0 spiro atoms. The normalized spacial score (nSPS) is 10.7. The Kier molecular flexibility index (Phi) is 4.93. The molecule has 0 radical (unpaired) electrons. The lowest BCUT2D eigenvalue weighted by Gasteiger charge is -2.02. The van der Waals surface area contributed by atoms with Crippen molar-refractivity contribution in [3.8, 4) is 0 Å². The molecule has 0 aliphatic heterocycles. The van der Waals surface area contributed by atoms with E-state index in [0.717, 1.165) is 17.1 Å². The number of para-hydroxylation sites is 1. The SMILES string of the molecule is CNC(=[O+]C)N(C)C.c1ccc2[nH]nnc2c1. The Balaban J connectivity index is 0.000000172. The highest BCUT2D eigenvalue weighted by Crippen LogP contribution is 2.03. The van der Waals surface area contributed by atoms with Crippen molar-refractivity contribution in [2.45, 2.75) is 0 Å². The zero-order valence-corrected chi connectivity index (χ0v) is 10.6. The first kappa shape index (κ1) is 13.0. The van der Waals surface area contributed by atoms with Crippen molar-refractivity contribution >= 4 is 17.1 Å². The van der Waals surface area contributed by atoms with Crippen molar-refractivity contribution in [1.29, 1.82) is 0 Å². The van der Waals surface area contributed by atoms with E-state index in [0.29, 0.717) is 0 Å². The van der Waals surface area contributed by atoms with Crippen LogP contribution in [-0.4, -0.2) is 54.6 Å². The van der Waals surface area contributed by atoms with E-state index in [4.69, 9.17) is 4.42 Å². The van der Waals surface area contributed by atoms with Crippen LogP contribution in [0.2, 0.25) is 0 Å². The summed E-state index contributed by atoms with van der Waals surface area (Å²) in [7, 11) is 7.27. The van der Waals surface area contributed by atoms with Crippen molar-refractivity contribution in [2.75, 3.05) is 28.3 Å². The van der Waals surface area contributed by atoms with Gasteiger partial charge in [-0.1, -0.05) is 17.3 Å². The molecule has 17 heavy (non-hydrogen) atoms. The third kappa shape index (κ3) is 3.75. The number of fused-ring (bicyclic) bond motifs is 1. The van der Waals surface area contributed by atoms with Crippen LogP contribution in [0.15, 0.2) is 24.3 Å². The van der Waals surface area contributed by atoms with E-state index in [2.05, 4.69) is 20.7 Å². The fourth-order valence-electron chi connectivity index (χ4n) is 1.30. The van der Waals surface area contributed by atoms with Gasteiger partial charge in [-0.15, -0.1) is 5.10 Å². The number of hydrogen-bond donors (Lipinski definition) is 2. The van der Waals surface area contributed by atoms with E-state index in [1.807, 2.05) is 50.3 Å². The molecule has 6 nitrogen and oxygen atoms in total. The molecule has 2 aromatic rings. The summed E-state index contributed by atoms with van der Waals surface area (Å²) in [6.45, 7) is 0. The largest absolute Gasteiger partial charge is 0.501 e. The molecule has 1 aromatic carbocycles. The number of nitrogens with zero attached hydrogens (tertiary/aromatic N) is 3. The van der Waals surface area contributed by atoms with E-state index in [1.54, 1.807) is 7.11 Å². The Morgan fingerprint density at radius 2 is 2.06 bits per heavy atom. The van der Waals surface area contributed by atoms with Crippen LogP contribution in [0.1, 0.15) is 0 Å². The molecule has 2 amide bonds. The fourth-order valence-corrected chi connectivity index (χ4v) is 1.30. The average molecular weight is 236 g/mol. The highest BCUT2D eigenvalue weighted by Gasteiger charge is 2.06. The number of H-pyrrole nitrogens is 1. The van der Waals surface area contributed by atoms with Crippen molar-refractivity contribution in [3.05, 3.63) is 24.3 Å². The number of carbonyl (C=O) groups excluding carboxylic acids is 1. The molecule has 0 atom stereocenters. The lowest BCUT2D eigenvalue weighted by Crippen LogP contribution is -2.32. The fraction of sp³-hybridized carbons (Fsp3) is 0.364.